The molecule has 0 aliphatic heterocycles. The zero-order valence-electron chi connectivity index (χ0n) is 9.89. The summed E-state index contributed by atoms with van der Waals surface area (Å²) in [7, 11) is 0. The molecule has 2 nitrogen and oxygen atoms in total. The smallest absolute Gasteiger partial charge is 0.447 e. The van der Waals surface area contributed by atoms with Gasteiger partial charge in [-0.15, -0.1) is 0 Å². The maximum Gasteiger partial charge on any atom is 0.447 e. The lowest BCUT2D eigenvalue weighted by Gasteiger charge is -2.32. The molecule has 0 heterocycles. The van der Waals surface area contributed by atoms with E-state index < -0.39 is 11.9 Å². The highest BCUT2D eigenvalue weighted by atomic mass is 19.4. The molecule has 1 atom stereocenters. The molecular formula is C14H12F3NO. The molecule has 5 heteroatoms. The molecule has 2 N–H and O–H groups in total. The van der Waals surface area contributed by atoms with E-state index in [-0.39, 0.29) is 11.3 Å². The van der Waals surface area contributed by atoms with Gasteiger partial charge in [0.15, 0.2) is 0 Å². The van der Waals surface area contributed by atoms with Crippen LogP contribution < -0.4 is 10.5 Å². The number of ether oxygens (including phenoxy) is 1. The second-order valence-electron chi connectivity index (χ2n) is 4.01. The van der Waals surface area contributed by atoms with Crippen molar-refractivity contribution in [1.82, 2.24) is 0 Å². The summed E-state index contributed by atoms with van der Waals surface area (Å²) < 4.78 is 44.7. The van der Waals surface area contributed by atoms with Crippen LogP contribution in [0.5, 0.6) is 5.75 Å². The normalized spacial score (nSPS) is 14.7. The topological polar surface area (TPSA) is 35.2 Å². The number of hydrogen-bond acceptors (Lipinski definition) is 2. The van der Waals surface area contributed by atoms with Gasteiger partial charge in [0.05, 0.1) is 0 Å². The van der Waals surface area contributed by atoms with Crippen LogP contribution in [0.15, 0.2) is 60.7 Å². The number of alkyl halides is 3. The Kier molecular flexibility index (Phi) is 3.48. The molecule has 0 aromatic heterocycles. The molecule has 2 aromatic carbocycles. The van der Waals surface area contributed by atoms with Crippen LogP contribution in [0.4, 0.5) is 13.2 Å². The number of nitrogens with two attached hydrogens (primary N) is 1. The Labute approximate surface area is 108 Å². The predicted octanol–water partition coefficient (Wildman–Crippen LogP) is 3.44. The summed E-state index contributed by atoms with van der Waals surface area (Å²) in [6.45, 7) is 0. The van der Waals surface area contributed by atoms with E-state index in [0.717, 1.165) is 0 Å². The zero-order chi connectivity index (χ0) is 13.9. The highest BCUT2D eigenvalue weighted by Gasteiger charge is 2.56. The van der Waals surface area contributed by atoms with Crippen molar-refractivity contribution >= 4 is 0 Å². The summed E-state index contributed by atoms with van der Waals surface area (Å²) >= 11 is 0. The van der Waals surface area contributed by atoms with Gasteiger partial charge < -0.3 is 4.74 Å². The number of hydrogen-bond donors (Lipinski definition) is 1. The van der Waals surface area contributed by atoms with Gasteiger partial charge in [-0.25, -0.2) is 0 Å². The quantitative estimate of drug-likeness (QED) is 0.864. The number of rotatable bonds is 3. The molecule has 0 amide bonds. The van der Waals surface area contributed by atoms with Crippen molar-refractivity contribution in [3.05, 3.63) is 66.2 Å². The Morgan fingerprint density at radius 2 is 1.26 bits per heavy atom. The van der Waals surface area contributed by atoms with E-state index in [1.54, 1.807) is 24.3 Å². The van der Waals surface area contributed by atoms with Crippen LogP contribution in [0.25, 0.3) is 0 Å². The third kappa shape index (κ3) is 2.71. The number of para-hydroxylation sites is 1. The van der Waals surface area contributed by atoms with Gasteiger partial charge in [-0.1, -0.05) is 48.5 Å². The van der Waals surface area contributed by atoms with Crippen LogP contribution >= 0.6 is 0 Å². The first-order valence-corrected chi connectivity index (χ1v) is 5.59. The minimum Gasteiger partial charge on any atom is -0.459 e. The van der Waals surface area contributed by atoms with Crippen LogP contribution in [0.1, 0.15) is 5.56 Å². The van der Waals surface area contributed by atoms with Crippen LogP contribution in [-0.2, 0) is 5.72 Å². The largest absolute Gasteiger partial charge is 0.459 e. The highest BCUT2D eigenvalue weighted by molar-refractivity contribution is 5.28. The molecule has 0 aliphatic rings. The lowest BCUT2D eigenvalue weighted by molar-refractivity contribution is -0.253. The molecule has 0 saturated heterocycles. The van der Waals surface area contributed by atoms with Gasteiger partial charge in [0.2, 0.25) is 0 Å². The maximum absolute atomic E-state index is 13.2. The first-order valence-electron chi connectivity index (χ1n) is 5.59. The van der Waals surface area contributed by atoms with Crippen LogP contribution in [-0.4, -0.2) is 6.18 Å². The molecule has 2 rings (SSSR count). The first-order chi connectivity index (χ1) is 8.93. The van der Waals surface area contributed by atoms with Gasteiger partial charge in [-0.2, -0.15) is 13.2 Å². The number of halogens is 3. The molecular weight excluding hydrogens is 255 g/mol. The second kappa shape index (κ2) is 4.93. The third-order valence-corrected chi connectivity index (χ3v) is 2.65. The summed E-state index contributed by atoms with van der Waals surface area (Å²) in [5.74, 6) is 0.0613. The molecule has 19 heavy (non-hydrogen) atoms. The fraction of sp³-hybridized carbons (Fsp3) is 0.143. The van der Waals surface area contributed by atoms with E-state index >= 15 is 0 Å². The Morgan fingerprint density at radius 3 is 1.74 bits per heavy atom. The Hall–Kier alpha value is -2.01. The average Bonchev–Trinajstić information content (AvgIpc) is 2.39. The molecule has 0 fully saturated rings. The summed E-state index contributed by atoms with van der Waals surface area (Å²) in [5, 5.41) is 0. The van der Waals surface area contributed by atoms with Crippen molar-refractivity contribution in [2.24, 2.45) is 5.73 Å². The summed E-state index contributed by atoms with van der Waals surface area (Å²) in [5.41, 5.74) is 2.47. The highest BCUT2D eigenvalue weighted by Crippen LogP contribution is 2.38. The van der Waals surface area contributed by atoms with Gasteiger partial charge in [-0.05, 0) is 12.1 Å². The molecule has 100 valence electrons. The first kappa shape index (κ1) is 13.4. The van der Waals surface area contributed by atoms with Crippen molar-refractivity contribution in [3.63, 3.8) is 0 Å². The third-order valence-electron chi connectivity index (χ3n) is 2.65. The van der Waals surface area contributed by atoms with E-state index in [0.29, 0.717) is 0 Å². The van der Waals surface area contributed by atoms with E-state index in [1.807, 2.05) is 0 Å². The standard InChI is InChI=1S/C14H12F3NO/c15-14(16,17)13(18,11-7-3-1-4-8-11)19-12-9-5-2-6-10-12/h1-10H,18H2. The summed E-state index contributed by atoms with van der Waals surface area (Å²) in [6, 6.07) is 14.9. The minimum absolute atomic E-state index is 0.0613. The van der Waals surface area contributed by atoms with Crippen molar-refractivity contribution in [3.8, 4) is 5.75 Å². The van der Waals surface area contributed by atoms with E-state index in [1.165, 1.54) is 36.4 Å². The number of benzene rings is 2. The fourth-order valence-corrected chi connectivity index (χ4v) is 1.64. The average molecular weight is 267 g/mol. The fourth-order valence-electron chi connectivity index (χ4n) is 1.64. The Balaban J connectivity index is 2.42. The van der Waals surface area contributed by atoms with Crippen molar-refractivity contribution < 1.29 is 17.9 Å². The molecule has 1 unspecified atom stereocenters. The monoisotopic (exact) mass is 267 g/mol. The van der Waals surface area contributed by atoms with Crippen LogP contribution in [0.3, 0.4) is 0 Å². The van der Waals surface area contributed by atoms with Gasteiger partial charge in [0.25, 0.3) is 5.72 Å². The van der Waals surface area contributed by atoms with E-state index in [2.05, 4.69) is 0 Å². The summed E-state index contributed by atoms with van der Waals surface area (Å²) in [4.78, 5) is 0. The minimum atomic E-state index is -4.73. The van der Waals surface area contributed by atoms with Crippen molar-refractivity contribution in [2.75, 3.05) is 0 Å². The molecule has 0 saturated carbocycles. The SMILES string of the molecule is NC(Oc1ccccc1)(c1ccccc1)C(F)(F)F. The van der Waals surface area contributed by atoms with E-state index in [4.69, 9.17) is 10.5 Å². The molecule has 0 spiro atoms. The lowest BCUT2D eigenvalue weighted by Crippen LogP contribution is -2.55. The van der Waals surface area contributed by atoms with Gasteiger partial charge in [-0.3, -0.25) is 5.73 Å². The predicted molar refractivity (Wildman–Crippen MR) is 65.4 cm³/mol. The van der Waals surface area contributed by atoms with Crippen LogP contribution in [0, 0.1) is 0 Å². The Bertz CT molecular complexity index is 527. The zero-order valence-corrected chi connectivity index (χ0v) is 9.89. The Morgan fingerprint density at radius 1 is 0.789 bits per heavy atom. The maximum atomic E-state index is 13.2. The van der Waals surface area contributed by atoms with Crippen molar-refractivity contribution in [2.45, 2.75) is 11.9 Å². The van der Waals surface area contributed by atoms with Crippen molar-refractivity contribution in [1.29, 1.82) is 0 Å². The summed E-state index contributed by atoms with van der Waals surface area (Å²) in [6.07, 6.45) is -4.73. The van der Waals surface area contributed by atoms with Gasteiger partial charge >= 0.3 is 6.18 Å². The van der Waals surface area contributed by atoms with Gasteiger partial charge in [0, 0.05) is 5.56 Å². The van der Waals surface area contributed by atoms with Crippen LogP contribution in [0.2, 0.25) is 0 Å². The molecule has 2 aromatic rings. The van der Waals surface area contributed by atoms with Gasteiger partial charge in [0.1, 0.15) is 5.75 Å². The molecule has 0 bridgehead atoms. The van der Waals surface area contributed by atoms with E-state index in [9.17, 15) is 13.2 Å². The molecule has 0 radical (unpaired) electrons. The second-order valence-corrected chi connectivity index (χ2v) is 4.01. The molecule has 0 aliphatic carbocycles. The lowest BCUT2D eigenvalue weighted by atomic mass is 10.0.